The third kappa shape index (κ3) is 5.58. The molecule has 8 heteroatoms. The Balaban J connectivity index is 1.39. The number of rotatable bonds is 9. The lowest BCUT2D eigenvalue weighted by Crippen LogP contribution is -2.37. The highest BCUT2D eigenvalue weighted by Crippen LogP contribution is 2.35. The summed E-state index contributed by atoms with van der Waals surface area (Å²) in [4.78, 5) is 31.6. The van der Waals surface area contributed by atoms with Gasteiger partial charge >= 0.3 is 0 Å². The predicted octanol–water partition coefficient (Wildman–Crippen LogP) is 6.24. The average molecular weight is 543 g/mol. The largest absolute Gasteiger partial charge is 0.329 e. The zero-order chi connectivity index (χ0) is 28.4. The van der Waals surface area contributed by atoms with Crippen LogP contribution in [0.15, 0.2) is 79.0 Å². The molecule has 5 rings (SSSR count). The maximum absolute atomic E-state index is 14.7. The number of amides is 2. The van der Waals surface area contributed by atoms with Crippen LogP contribution in [0.5, 0.6) is 0 Å². The van der Waals surface area contributed by atoms with Gasteiger partial charge in [0.15, 0.2) is 0 Å². The molecule has 2 amide bonds. The minimum atomic E-state index is -0.543. The lowest BCUT2D eigenvalue weighted by molar-refractivity contribution is 0.0651. The Morgan fingerprint density at radius 3 is 2.17 bits per heavy atom. The molecule has 40 heavy (non-hydrogen) atoms. The maximum Gasteiger partial charge on any atom is 0.261 e. The lowest BCUT2D eigenvalue weighted by atomic mass is 9.86. The lowest BCUT2D eigenvalue weighted by Gasteiger charge is -2.32. The Hall–Kier alpha value is -4.17. The van der Waals surface area contributed by atoms with Crippen molar-refractivity contribution in [1.82, 2.24) is 19.8 Å². The second kappa shape index (κ2) is 11.1. The highest BCUT2D eigenvalue weighted by molar-refractivity contribution is 6.21. The third-order valence-corrected chi connectivity index (χ3v) is 7.12. The van der Waals surface area contributed by atoms with Gasteiger partial charge in [-0.15, -0.1) is 0 Å². The number of hydrogen-bond donors (Lipinski definition) is 1. The van der Waals surface area contributed by atoms with Gasteiger partial charge in [-0.3, -0.25) is 14.5 Å². The van der Waals surface area contributed by atoms with Crippen molar-refractivity contribution in [3.05, 3.63) is 113 Å². The maximum atomic E-state index is 14.7. The molecule has 1 aliphatic rings. The van der Waals surface area contributed by atoms with Crippen molar-refractivity contribution in [2.75, 3.05) is 13.1 Å². The van der Waals surface area contributed by atoms with Gasteiger partial charge in [0.25, 0.3) is 11.8 Å². The standard InChI is InChI=1S/C32H32F2N4O2/c1-32(2,3)28(35-16-9-17-38-30(39)23-12-7-8-13-24(23)31(38)40)29-36-27(25-18-22(33)14-15-26(25)34)20-37(29)19-21-10-5-4-6-11-21/h4-8,10-15,18,20,28,35H,9,16-17,19H2,1-3H3/t28-/m0/s1. The fraction of sp³-hybridized carbons (Fsp3) is 0.281. The SMILES string of the molecule is CC(C)(C)[C@@H](NCCCN1C(=O)c2ccccc2C1=O)c1nc(-c2cc(F)ccc2F)cn1Cc1ccccc1. The Kier molecular flexibility index (Phi) is 7.63. The van der Waals surface area contributed by atoms with E-state index in [4.69, 9.17) is 4.98 Å². The summed E-state index contributed by atoms with van der Waals surface area (Å²) in [6, 6.07) is 19.8. The van der Waals surface area contributed by atoms with Crippen molar-refractivity contribution in [3.63, 3.8) is 0 Å². The number of fused-ring (bicyclic) bond motifs is 1. The van der Waals surface area contributed by atoms with E-state index >= 15 is 0 Å². The first-order valence-corrected chi connectivity index (χ1v) is 13.4. The smallest absolute Gasteiger partial charge is 0.261 e. The van der Waals surface area contributed by atoms with Gasteiger partial charge in [-0.2, -0.15) is 0 Å². The molecular weight excluding hydrogens is 510 g/mol. The van der Waals surface area contributed by atoms with Gasteiger partial charge in [0.2, 0.25) is 0 Å². The summed E-state index contributed by atoms with van der Waals surface area (Å²) in [7, 11) is 0. The van der Waals surface area contributed by atoms with E-state index in [1.165, 1.54) is 4.90 Å². The molecule has 4 aromatic rings. The van der Waals surface area contributed by atoms with Crippen LogP contribution in [0.2, 0.25) is 0 Å². The zero-order valence-electron chi connectivity index (χ0n) is 22.8. The van der Waals surface area contributed by atoms with Crippen LogP contribution in [-0.4, -0.2) is 39.4 Å². The van der Waals surface area contributed by atoms with Gasteiger partial charge in [0.05, 0.1) is 22.9 Å². The van der Waals surface area contributed by atoms with Crippen LogP contribution in [0.4, 0.5) is 8.78 Å². The number of hydrogen-bond acceptors (Lipinski definition) is 4. The topological polar surface area (TPSA) is 67.2 Å². The highest BCUT2D eigenvalue weighted by Gasteiger charge is 2.35. The number of aromatic nitrogens is 2. The van der Waals surface area contributed by atoms with Gasteiger partial charge in [0, 0.05) is 24.8 Å². The molecule has 0 aliphatic carbocycles. The molecule has 0 unspecified atom stereocenters. The second-order valence-corrected chi connectivity index (χ2v) is 11.1. The summed E-state index contributed by atoms with van der Waals surface area (Å²) in [6.45, 7) is 7.55. The minimum absolute atomic E-state index is 0.103. The van der Waals surface area contributed by atoms with E-state index in [0.29, 0.717) is 42.2 Å². The van der Waals surface area contributed by atoms with E-state index in [2.05, 4.69) is 26.1 Å². The number of imidazole rings is 1. The molecule has 0 spiro atoms. The summed E-state index contributed by atoms with van der Waals surface area (Å²) < 4.78 is 30.7. The van der Waals surface area contributed by atoms with Crippen LogP contribution in [0.25, 0.3) is 11.3 Å². The molecule has 1 N–H and O–H groups in total. The summed E-state index contributed by atoms with van der Waals surface area (Å²) in [5.74, 6) is -0.926. The monoisotopic (exact) mass is 542 g/mol. The molecule has 0 bridgehead atoms. The summed E-state index contributed by atoms with van der Waals surface area (Å²) in [5, 5.41) is 3.57. The van der Waals surface area contributed by atoms with E-state index in [9.17, 15) is 18.4 Å². The number of carbonyl (C=O) groups excluding carboxylic acids is 2. The van der Waals surface area contributed by atoms with Crippen LogP contribution in [0.1, 0.15) is 65.3 Å². The van der Waals surface area contributed by atoms with Gasteiger partial charge in [-0.05, 0) is 54.3 Å². The zero-order valence-corrected chi connectivity index (χ0v) is 22.8. The molecule has 0 radical (unpaired) electrons. The van der Waals surface area contributed by atoms with Crippen molar-refractivity contribution in [1.29, 1.82) is 0 Å². The fourth-order valence-electron chi connectivity index (χ4n) is 5.10. The van der Waals surface area contributed by atoms with Crippen LogP contribution in [-0.2, 0) is 6.54 Å². The average Bonchev–Trinajstić information content (AvgIpc) is 3.44. The number of carbonyl (C=O) groups is 2. The number of nitrogens with zero attached hydrogens (tertiary/aromatic N) is 3. The Bertz CT molecular complexity index is 1510. The molecule has 1 aliphatic heterocycles. The predicted molar refractivity (Wildman–Crippen MR) is 150 cm³/mol. The minimum Gasteiger partial charge on any atom is -0.329 e. The first kappa shape index (κ1) is 27.4. The van der Waals surface area contributed by atoms with Crippen molar-refractivity contribution in [3.8, 4) is 11.3 Å². The Morgan fingerprint density at radius 1 is 0.875 bits per heavy atom. The molecular formula is C32H32F2N4O2. The molecule has 1 atom stereocenters. The molecule has 2 heterocycles. The van der Waals surface area contributed by atoms with Crippen molar-refractivity contribution in [2.45, 2.75) is 39.8 Å². The molecule has 206 valence electrons. The highest BCUT2D eigenvalue weighted by atomic mass is 19.1. The van der Waals surface area contributed by atoms with E-state index in [-0.39, 0.29) is 35.4 Å². The van der Waals surface area contributed by atoms with Crippen molar-refractivity contribution in [2.24, 2.45) is 5.41 Å². The molecule has 0 saturated carbocycles. The van der Waals surface area contributed by atoms with E-state index in [1.54, 1.807) is 30.5 Å². The van der Waals surface area contributed by atoms with Crippen molar-refractivity contribution >= 4 is 11.8 Å². The fourth-order valence-corrected chi connectivity index (χ4v) is 5.10. The molecule has 1 aromatic heterocycles. The van der Waals surface area contributed by atoms with Crippen LogP contribution >= 0.6 is 0 Å². The van der Waals surface area contributed by atoms with Gasteiger partial charge in [-0.25, -0.2) is 13.8 Å². The molecule has 6 nitrogen and oxygen atoms in total. The Labute approximate surface area is 232 Å². The van der Waals surface area contributed by atoms with Gasteiger partial charge in [-0.1, -0.05) is 63.2 Å². The first-order valence-electron chi connectivity index (χ1n) is 13.4. The number of imide groups is 1. The second-order valence-electron chi connectivity index (χ2n) is 11.1. The summed E-state index contributed by atoms with van der Waals surface area (Å²) in [6.07, 6.45) is 2.31. The first-order chi connectivity index (χ1) is 19.1. The summed E-state index contributed by atoms with van der Waals surface area (Å²) >= 11 is 0. The van der Waals surface area contributed by atoms with Crippen LogP contribution < -0.4 is 5.32 Å². The van der Waals surface area contributed by atoms with Crippen LogP contribution in [0, 0.1) is 17.0 Å². The van der Waals surface area contributed by atoms with E-state index in [0.717, 1.165) is 23.8 Å². The number of benzene rings is 3. The molecule has 0 saturated heterocycles. The van der Waals surface area contributed by atoms with Gasteiger partial charge in [0.1, 0.15) is 17.5 Å². The van der Waals surface area contributed by atoms with Crippen molar-refractivity contribution < 1.29 is 18.4 Å². The number of halogens is 2. The quantitative estimate of drug-likeness (QED) is 0.201. The normalized spacial score (nSPS) is 14.1. The molecule has 3 aromatic carbocycles. The summed E-state index contributed by atoms with van der Waals surface area (Å²) in [5.41, 5.74) is 2.08. The number of nitrogens with one attached hydrogen (secondary N) is 1. The van der Waals surface area contributed by atoms with Gasteiger partial charge < -0.3 is 9.88 Å². The third-order valence-electron chi connectivity index (χ3n) is 7.12. The van der Waals surface area contributed by atoms with Crippen LogP contribution in [0.3, 0.4) is 0 Å². The van der Waals surface area contributed by atoms with E-state index < -0.39 is 11.6 Å². The Morgan fingerprint density at radius 2 is 1.52 bits per heavy atom. The molecule has 0 fully saturated rings. The van der Waals surface area contributed by atoms with E-state index in [1.807, 2.05) is 34.9 Å².